The Labute approximate surface area is 127 Å². The first-order valence-corrected chi connectivity index (χ1v) is 8.26. The fourth-order valence-corrected chi connectivity index (χ4v) is 3.68. The van der Waals surface area contributed by atoms with E-state index in [-0.39, 0.29) is 0 Å². The van der Waals surface area contributed by atoms with Gasteiger partial charge in [0.15, 0.2) is 0 Å². The average Bonchev–Trinajstić information content (AvgIpc) is 2.31. The van der Waals surface area contributed by atoms with E-state index in [4.69, 9.17) is 0 Å². The molecule has 17 heavy (non-hydrogen) atoms. The van der Waals surface area contributed by atoms with Crippen molar-refractivity contribution >= 4 is 53.6 Å². The van der Waals surface area contributed by atoms with Gasteiger partial charge < -0.3 is 4.90 Å². The van der Waals surface area contributed by atoms with Crippen molar-refractivity contribution in [3.63, 3.8) is 0 Å². The molecule has 1 fully saturated rings. The van der Waals surface area contributed by atoms with Crippen molar-refractivity contribution in [3.05, 3.63) is 21.2 Å². The Hall–Kier alpha value is 0.350. The molecule has 0 saturated carbocycles. The molecular weight excluding hydrogens is 414 g/mol. The topological polar surface area (TPSA) is 19.4 Å². The van der Waals surface area contributed by atoms with Gasteiger partial charge >= 0.3 is 0 Å². The van der Waals surface area contributed by atoms with E-state index in [1.54, 1.807) is 0 Å². The van der Waals surface area contributed by atoms with Crippen LogP contribution in [0.3, 0.4) is 0 Å². The first kappa shape index (κ1) is 13.8. The lowest BCUT2D eigenvalue weighted by atomic mass is 10.3. The Morgan fingerprint density at radius 3 is 2.47 bits per heavy atom. The summed E-state index contributed by atoms with van der Waals surface area (Å²) in [5, 5.41) is 1.05. The second-order valence-corrected chi connectivity index (χ2v) is 6.54. The van der Waals surface area contributed by atoms with Crippen molar-refractivity contribution in [2.24, 2.45) is 0 Å². The minimum atomic E-state index is 1.01. The van der Waals surface area contributed by atoms with Crippen LogP contribution in [0.5, 0.6) is 0 Å². The number of anilines is 1. The van der Waals surface area contributed by atoms with E-state index >= 15 is 0 Å². The van der Waals surface area contributed by atoms with Gasteiger partial charge in [0.05, 0.1) is 4.47 Å². The van der Waals surface area contributed by atoms with Gasteiger partial charge in [-0.05, 0) is 37.9 Å². The Morgan fingerprint density at radius 1 is 1.18 bits per heavy atom. The van der Waals surface area contributed by atoms with Crippen LogP contribution < -0.4 is 4.90 Å². The molecule has 1 aliphatic heterocycles. The molecule has 0 radical (unpaired) electrons. The molecule has 1 aromatic rings. The van der Waals surface area contributed by atoms with Gasteiger partial charge in [0, 0.05) is 48.7 Å². The van der Waals surface area contributed by atoms with Crippen molar-refractivity contribution in [2.75, 3.05) is 43.0 Å². The molecule has 1 saturated heterocycles. The van der Waals surface area contributed by atoms with Crippen molar-refractivity contribution in [1.29, 1.82) is 0 Å². The van der Waals surface area contributed by atoms with Crippen molar-refractivity contribution in [1.82, 2.24) is 9.88 Å². The molecule has 0 N–H and O–H groups in total. The molecule has 2 heterocycles. The number of halogens is 3. The van der Waals surface area contributed by atoms with Crippen LogP contribution >= 0.6 is 47.8 Å². The van der Waals surface area contributed by atoms with Crippen LogP contribution in [-0.2, 0) is 0 Å². The maximum atomic E-state index is 4.48. The largest absolute Gasteiger partial charge is 0.353 e. The number of piperazine rings is 1. The Morgan fingerprint density at radius 2 is 1.88 bits per heavy atom. The van der Waals surface area contributed by atoms with E-state index in [1.807, 2.05) is 12.3 Å². The normalized spacial score (nSPS) is 17.5. The van der Waals surface area contributed by atoms with E-state index in [2.05, 4.69) is 62.6 Å². The molecule has 94 valence electrons. The maximum absolute atomic E-state index is 4.48. The van der Waals surface area contributed by atoms with E-state index in [0.29, 0.717) is 0 Å². The van der Waals surface area contributed by atoms with E-state index in [9.17, 15) is 0 Å². The van der Waals surface area contributed by atoms with E-state index in [1.165, 1.54) is 0 Å². The molecular formula is C11H14Br3N3. The molecule has 0 amide bonds. The molecule has 1 aromatic heterocycles. The molecule has 1 aliphatic rings. The summed E-state index contributed by atoms with van der Waals surface area (Å²) in [5.41, 5.74) is 0. The maximum Gasteiger partial charge on any atom is 0.143 e. The zero-order chi connectivity index (χ0) is 12.3. The third-order valence-corrected chi connectivity index (χ3v) is 4.23. The number of pyridine rings is 1. The number of hydrogen-bond donors (Lipinski definition) is 0. The van der Waals surface area contributed by atoms with Crippen LogP contribution in [0.4, 0.5) is 5.82 Å². The van der Waals surface area contributed by atoms with Crippen LogP contribution in [0.1, 0.15) is 0 Å². The number of alkyl halides is 1. The van der Waals surface area contributed by atoms with Crippen molar-refractivity contribution in [3.8, 4) is 0 Å². The van der Waals surface area contributed by atoms with Crippen LogP contribution in [0.2, 0.25) is 0 Å². The number of nitrogens with zero attached hydrogens (tertiary/aromatic N) is 3. The Kier molecular flexibility index (Phi) is 5.26. The fourth-order valence-electron chi connectivity index (χ4n) is 1.94. The van der Waals surface area contributed by atoms with Gasteiger partial charge in [-0.1, -0.05) is 15.9 Å². The molecule has 0 spiro atoms. The minimum absolute atomic E-state index is 1.01. The van der Waals surface area contributed by atoms with Gasteiger partial charge in [-0.3, -0.25) is 4.90 Å². The lowest BCUT2D eigenvalue weighted by molar-refractivity contribution is 0.273. The highest BCUT2D eigenvalue weighted by Gasteiger charge is 2.19. The Balaban J connectivity index is 2.00. The van der Waals surface area contributed by atoms with Crippen LogP contribution in [0.25, 0.3) is 0 Å². The molecule has 3 nitrogen and oxygen atoms in total. The minimum Gasteiger partial charge on any atom is -0.353 e. The molecule has 0 atom stereocenters. The Bertz CT molecular complexity index is 378. The highest BCUT2D eigenvalue weighted by atomic mass is 79.9. The highest BCUT2D eigenvalue weighted by molar-refractivity contribution is 9.11. The lowest BCUT2D eigenvalue weighted by Crippen LogP contribution is -2.47. The van der Waals surface area contributed by atoms with Gasteiger partial charge in [0.2, 0.25) is 0 Å². The van der Waals surface area contributed by atoms with Crippen molar-refractivity contribution in [2.45, 2.75) is 0 Å². The third kappa shape index (κ3) is 3.66. The first-order chi connectivity index (χ1) is 8.20. The summed E-state index contributed by atoms with van der Waals surface area (Å²) < 4.78 is 2.06. The molecule has 0 unspecified atom stereocenters. The van der Waals surface area contributed by atoms with Crippen molar-refractivity contribution < 1.29 is 0 Å². The molecule has 0 bridgehead atoms. The second kappa shape index (κ2) is 6.50. The summed E-state index contributed by atoms with van der Waals surface area (Å²) in [6.07, 6.45) is 1.85. The highest BCUT2D eigenvalue weighted by Crippen LogP contribution is 2.27. The summed E-state index contributed by atoms with van der Waals surface area (Å²) >= 11 is 10.5. The number of hydrogen-bond acceptors (Lipinski definition) is 3. The predicted molar refractivity (Wildman–Crippen MR) is 82.1 cm³/mol. The molecule has 0 aromatic carbocycles. The van der Waals surface area contributed by atoms with Gasteiger partial charge in [0.25, 0.3) is 0 Å². The molecule has 6 heteroatoms. The van der Waals surface area contributed by atoms with Gasteiger partial charge in [-0.25, -0.2) is 4.98 Å². The van der Waals surface area contributed by atoms with Gasteiger partial charge in [-0.2, -0.15) is 0 Å². The zero-order valence-corrected chi connectivity index (χ0v) is 14.1. The summed E-state index contributed by atoms with van der Waals surface area (Å²) in [4.78, 5) is 9.28. The van der Waals surface area contributed by atoms with E-state index < -0.39 is 0 Å². The lowest BCUT2D eigenvalue weighted by Gasteiger charge is -2.35. The summed E-state index contributed by atoms with van der Waals surface area (Å²) in [7, 11) is 0. The quantitative estimate of drug-likeness (QED) is 0.691. The van der Waals surface area contributed by atoms with E-state index in [0.717, 1.165) is 52.8 Å². The second-order valence-electron chi connectivity index (χ2n) is 3.98. The summed E-state index contributed by atoms with van der Waals surface area (Å²) in [6.45, 7) is 5.43. The van der Waals surface area contributed by atoms with Crippen LogP contribution in [0, 0.1) is 0 Å². The fraction of sp³-hybridized carbons (Fsp3) is 0.545. The van der Waals surface area contributed by atoms with Crippen LogP contribution in [0.15, 0.2) is 21.2 Å². The average molecular weight is 428 g/mol. The number of aromatic nitrogens is 1. The third-order valence-electron chi connectivity index (χ3n) is 2.86. The van der Waals surface area contributed by atoms with Gasteiger partial charge in [0.1, 0.15) is 5.82 Å². The zero-order valence-electron chi connectivity index (χ0n) is 9.37. The smallest absolute Gasteiger partial charge is 0.143 e. The number of rotatable bonds is 3. The monoisotopic (exact) mass is 425 g/mol. The molecule has 0 aliphatic carbocycles. The van der Waals surface area contributed by atoms with Gasteiger partial charge in [-0.15, -0.1) is 0 Å². The first-order valence-electron chi connectivity index (χ1n) is 5.55. The predicted octanol–water partition coefficient (Wildman–Crippen LogP) is 3.12. The SMILES string of the molecule is BrCCN1CCN(c2ncc(Br)cc2Br)CC1. The standard InChI is InChI=1S/C11H14Br3N3/c12-1-2-16-3-5-17(6-4-16)11-10(14)7-9(13)8-15-11/h7-8H,1-6H2. The summed E-state index contributed by atoms with van der Waals surface area (Å²) in [5.74, 6) is 1.05. The summed E-state index contributed by atoms with van der Waals surface area (Å²) in [6, 6.07) is 2.05. The molecule has 2 rings (SSSR count). The van der Waals surface area contributed by atoms with Crippen LogP contribution in [-0.4, -0.2) is 47.9 Å².